The highest BCUT2D eigenvalue weighted by atomic mass is 16.3. The number of aromatic nitrogens is 2. The molecule has 0 aromatic carbocycles. The first-order valence-corrected chi connectivity index (χ1v) is 6.56. The number of rotatable bonds is 7. The Morgan fingerprint density at radius 3 is 2.79 bits per heavy atom. The van der Waals surface area contributed by atoms with E-state index in [2.05, 4.69) is 22.4 Å². The monoisotopic (exact) mass is 260 g/mol. The van der Waals surface area contributed by atoms with Crippen LogP contribution in [0, 0.1) is 0 Å². The van der Waals surface area contributed by atoms with Gasteiger partial charge in [0.2, 0.25) is 0 Å². The van der Waals surface area contributed by atoms with E-state index in [1.165, 1.54) is 0 Å². The quantitative estimate of drug-likeness (QED) is 0.773. The molecule has 1 N–H and O–H groups in total. The Hall–Kier alpha value is -1.88. The first-order chi connectivity index (χ1) is 9.29. The molecule has 19 heavy (non-hydrogen) atoms. The SMILES string of the molecule is CCCNCc1ccc(N(C)Cc2ccco2)nn1. The summed E-state index contributed by atoms with van der Waals surface area (Å²) in [5.41, 5.74) is 0.962. The molecule has 0 saturated carbocycles. The molecule has 0 saturated heterocycles. The van der Waals surface area contributed by atoms with Crippen molar-refractivity contribution in [3.63, 3.8) is 0 Å². The largest absolute Gasteiger partial charge is 0.467 e. The highest BCUT2D eigenvalue weighted by molar-refractivity contribution is 5.36. The predicted molar refractivity (Wildman–Crippen MR) is 74.8 cm³/mol. The lowest BCUT2D eigenvalue weighted by molar-refractivity contribution is 0.506. The molecule has 0 aliphatic carbocycles. The number of hydrogen-bond acceptors (Lipinski definition) is 5. The number of anilines is 1. The molecular weight excluding hydrogens is 240 g/mol. The summed E-state index contributed by atoms with van der Waals surface area (Å²) in [6.07, 6.45) is 2.80. The summed E-state index contributed by atoms with van der Waals surface area (Å²) in [5, 5.41) is 11.8. The van der Waals surface area contributed by atoms with Crippen molar-refractivity contribution in [1.82, 2.24) is 15.5 Å². The zero-order chi connectivity index (χ0) is 13.5. The van der Waals surface area contributed by atoms with Gasteiger partial charge in [0.05, 0.1) is 18.5 Å². The van der Waals surface area contributed by atoms with E-state index in [1.807, 2.05) is 36.2 Å². The third-order valence-electron chi connectivity index (χ3n) is 2.80. The fraction of sp³-hybridized carbons (Fsp3) is 0.429. The molecule has 0 bridgehead atoms. The minimum absolute atomic E-state index is 0.690. The minimum atomic E-state index is 0.690. The maximum atomic E-state index is 5.31. The van der Waals surface area contributed by atoms with Gasteiger partial charge in [-0.05, 0) is 37.2 Å². The van der Waals surface area contributed by atoms with Gasteiger partial charge in [-0.2, -0.15) is 5.10 Å². The minimum Gasteiger partial charge on any atom is -0.467 e. The molecule has 2 rings (SSSR count). The molecule has 0 atom stereocenters. The summed E-state index contributed by atoms with van der Waals surface area (Å²) < 4.78 is 5.31. The fourth-order valence-corrected chi connectivity index (χ4v) is 1.76. The van der Waals surface area contributed by atoms with Gasteiger partial charge in [-0.3, -0.25) is 0 Å². The lowest BCUT2D eigenvalue weighted by Gasteiger charge is -2.16. The van der Waals surface area contributed by atoms with Gasteiger partial charge in [-0.25, -0.2) is 0 Å². The summed E-state index contributed by atoms with van der Waals surface area (Å²) >= 11 is 0. The maximum Gasteiger partial charge on any atom is 0.151 e. The van der Waals surface area contributed by atoms with E-state index in [4.69, 9.17) is 4.42 Å². The van der Waals surface area contributed by atoms with Gasteiger partial charge in [-0.15, -0.1) is 5.10 Å². The van der Waals surface area contributed by atoms with Crippen molar-refractivity contribution in [2.75, 3.05) is 18.5 Å². The van der Waals surface area contributed by atoms with E-state index in [0.717, 1.165) is 36.8 Å². The van der Waals surface area contributed by atoms with Crippen LogP contribution in [0.1, 0.15) is 24.8 Å². The molecule has 5 nitrogen and oxygen atoms in total. The standard InChI is InChI=1S/C14H20N4O/c1-3-8-15-10-12-6-7-14(17-16-12)18(2)11-13-5-4-9-19-13/h4-7,9,15H,3,8,10-11H2,1-2H3. The third-order valence-corrected chi connectivity index (χ3v) is 2.80. The van der Waals surface area contributed by atoms with Gasteiger partial charge in [0.25, 0.3) is 0 Å². The van der Waals surface area contributed by atoms with Crippen molar-refractivity contribution < 1.29 is 4.42 Å². The molecule has 5 heteroatoms. The molecule has 2 aromatic heterocycles. The van der Waals surface area contributed by atoms with Gasteiger partial charge in [0, 0.05) is 13.6 Å². The molecule has 2 aromatic rings. The second-order valence-corrected chi connectivity index (χ2v) is 4.50. The fourth-order valence-electron chi connectivity index (χ4n) is 1.76. The van der Waals surface area contributed by atoms with Crippen molar-refractivity contribution in [2.24, 2.45) is 0 Å². The summed E-state index contributed by atoms with van der Waals surface area (Å²) in [7, 11) is 1.97. The predicted octanol–water partition coefficient (Wildman–Crippen LogP) is 2.21. The lowest BCUT2D eigenvalue weighted by Crippen LogP contribution is -2.19. The van der Waals surface area contributed by atoms with Gasteiger partial charge < -0.3 is 14.6 Å². The molecule has 0 unspecified atom stereocenters. The van der Waals surface area contributed by atoms with Gasteiger partial charge in [-0.1, -0.05) is 6.92 Å². The lowest BCUT2D eigenvalue weighted by atomic mass is 10.3. The van der Waals surface area contributed by atoms with Crippen LogP contribution in [-0.4, -0.2) is 23.8 Å². The van der Waals surface area contributed by atoms with Crippen LogP contribution in [0.15, 0.2) is 34.9 Å². The zero-order valence-electron chi connectivity index (χ0n) is 11.5. The van der Waals surface area contributed by atoms with Crippen molar-refractivity contribution in [3.8, 4) is 0 Å². The highest BCUT2D eigenvalue weighted by Crippen LogP contribution is 2.12. The third kappa shape index (κ3) is 4.06. The van der Waals surface area contributed by atoms with Crippen molar-refractivity contribution in [3.05, 3.63) is 42.0 Å². The Kier molecular flexibility index (Phi) is 4.92. The second-order valence-electron chi connectivity index (χ2n) is 4.50. The van der Waals surface area contributed by atoms with Crippen LogP contribution in [0.4, 0.5) is 5.82 Å². The topological polar surface area (TPSA) is 54.2 Å². The summed E-state index contributed by atoms with van der Waals surface area (Å²) in [6.45, 7) is 4.60. The van der Waals surface area contributed by atoms with Crippen LogP contribution in [-0.2, 0) is 13.1 Å². The highest BCUT2D eigenvalue weighted by Gasteiger charge is 2.06. The van der Waals surface area contributed by atoms with Crippen LogP contribution in [0.3, 0.4) is 0 Å². The van der Waals surface area contributed by atoms with Crippen LogP contribution in [0.5, 0.6) is 0 Å². The van der Waals surface area contributed by atoms with Crippen molar-refractivity contribution in [1.29, 1.82) is 0 Å². The molecular formula is C14H20N4O. The number of nitrogens with one attached hydrogen (secondary N) is 1. The average Bonchev–Trinajstić information content (AvgIpc) is 2.93. The molecule has 0 fully saturated rings. The molecule has 2 heterocycles. The molecule has 0 spiro atoms. The summed E-state index contributed by atoms with van der Waals surface area (Å²) in [6, 6.07) is 7.83. The van der Waals surface area contributed by atoms with Crippen molar-refractivity contribution in [2.45, 2.75) is 26.4 Å². The van der Waals surface area contributed by atoms with Crippen LogP contribution in [0.2, 0.25) is 0 Å². The number of hydrogen-bond donors (Lipinski definition) is 1. The summed E-state index contributed by atoms with van der Waals surface area (Å²) in [4.78, 5) is 2.01. The Labute approximate surface area is 113 Å². The molecule has 0 aliphatic rings. The first kappa shape index (κ1) is 13.5. The van der Waals surface area contributed by atoms with Gasteiger partial charge >= 0.3 is 0 Å². The van der Waals surface area contributed by atoms with E-state index in [9.17, 15) is 0 Å². The van der Waals surface area contributed by atoms with Gasteiger partial charge in [0.15, 0.2) is 5.82 Å². The average molecular weight is 260 g/mol. The molecule has 0 radical (unpaired) electrons. The molecule has 102 valence electrons. The van der Waals surface area contributed by atoms with E-state index in [0.29, 0.717) is 6.54 Å². The van der Waals surface area contributed by atoms with E-state index < -0.39 is 0 Å². The maximum absolute atomic E-state index is 5.31. The van der Waals surface area contributed by atoms with Crippen LogP contribution < -0.4 is 10.2 Å². The van der Waals surface area contributed by atoms with E-state index in [-0.39, 0.29) is 0 Å². The van der Waals surface area contributed by atoms with E-state index in [1.54, 1.807) is 6.26 Å². The van der Waals surface area contributed by atoms with Crippen LogP contribution >= 0.6 is 0 Å². The van der Waals surface area contributed by atoms with Crippen LogP contribution in [0.25, 0.3) is 0 Å². The molecule has 0 amide bonds. The molecule has 0 aliphatic heterocycles. The smallest absolute Gasteiger partial charge is 0.151 e. The Morgan fingerprint density at radius 2 is 2.16 bits per heavy atom. The Bertz CT molecular complexity index is 467. The Balaban J connectivity index is 1.90. The normalized spacial score (nSPS) is 10.6. The number of nitrogens with zero attached hydrogens (tertiary/aromatic N) is 3. The zero-order valence-corrected chi connectivity index (χ0v) is 11.5. The number of furan rings is 1. The summed E-state index contributed by atoms with van der Waals surface area (Å²) in [5.74, 6) is 1.76. The second kappa shape index (κ2) is 6.89. The van der Waals surface area contributed by atoms with Crippen molar-refractivity contribution >= 4 is 5.82 Å². The van der Waals surface area contributed by atoms with Gasteiger partial charge in [0.1, 0.15) is 5.76 Å². The first-order valence-electron chi connectivity index (χ1n) is 6.56. The van der Waals surface area contributed by atoms with E-state index >= 15 is 0 Å². The Morgan fingerprint density at radius 1 is 1.26 bits per heavy atom.